The van der Waals surface area contributed by atoms with Crippen molar-refractivity contribution >= 4 is 0 Å². The Balaban J connectivity index is 2.33. The normalized spacial score (nSPS) is 14.7. The summed E-state index contributed by atoms with van der Waals surface area (Å²) in [6.07, 6.45) is 4.26. The summed E-state index contributed by atoms with van der Waals surface area (Å²) < 4.78 is 0. The summed E-state index contributed by atoms with van der Waals surface area (Å²) in [6.45, 7) is 5.88. The van der Waals surface area contributed by atoms with Crippen molar-refractivity contribution < 1.29 is 5.11 Å². The predicted molar refractivity (Wildman–Crippen MR) is 66.3 cm³/mol. The molecule has 0 radical (unpaired) electrons. The monoisotopic (exact) mass is 222 g/mol. The van der Waals surface area contributed by atoms with Crippen LogP contribution in [0.5, 0.6) is 0 Å². The van der Waals surface area contributed by atoms with Crippen molar-refractivity contribution in [3.8, 4) is 0 Å². The van der Waals surface area contributed by atoms with E-state index in [4.69, 9.17) is 0 Å². The van der Waals surface area contributed by atoms with Crippen LogP contribution in [0.4, 0.5) is 0 Å². The Morgan fingerprint density at radius 2 is 2.19 bits per heavy atom. The van der Waals surface area contributed by atoms with E-state index in [1.807, 2.05) is 25.1 Å². The zero-order chi connectivity index (χ0) is 11.9. The van der Waals surface area contributed by atoms with Crippen molar-refractivity contribution in [3.63, 3.8) is 0 Å². The summed E-state index contributed by atoms with van der Waals surface area (Å²) in [7, 11) is 0. The zero-order valence-electron chi connectivity index (χ0n) is 10.2. The van der Waals surface area contributed by atoms with E-state index < -0.39 is 5.60 Å². The number of hydrogen-bond acceptors (Lipinski definition) is 3. The molecular weight excluding hydrogens is 200 g/mol. The maximum Gasteiger partial charge on any atom is 0.0687 e. The Bertz CT molecular complexity index is 285. The van der Waals surface area contributed by atoms with Crippen LogP contribution >= 0.6 is 0 Å². The van der Waals surface area contributed by atoms with E-state index >= 15 is 0 Å². The van der Waals surface area contributed by atoms with Gasteiger partial charge in [-0.15, -0.1) is 0 Å². The third-order valence-electron chi connectivity index (χ3n) is 2.56. The van der Waals surface area contributed by atoms with Crippen LogP contribution in [0, 0.1) is 0 Å². The van der Waals surface area contributed by atoms with Gasteiger partial charge in [-0.2, -0.15) is 0 Å². The van der Waals surface area contributed by atoms with Crippen molar-refractivity contribution in [3.05, 3.63) is 30.1 Å². The zero-order valence-corrected chi connectivity index (χ0v) is 10.2. The Kier molecular flexibility index (Phi) is 5.43. The molecule has 3 nitrogen and oxygen atoms in total. The second-order valence-electron chi connectivity index (χ2n) is 4.49. The lowest BCUT2D eigenvalue weighted by Gasteiger charge is -2.23. The molecule has 1 rings (SSSR count). The van der Waals surface area contributed by atoms with E-state index in [9.17, 15) is 5.11 Å². The number of nitrogens with zero attached hydrogens (tertiary/aromatic N) is 1. The van der Waals surface area contributed by atoms with Gasteiger partial charge in [0.1, 0.15) is 0 Å². The molecule has 1 aromatic rings. The van der Waals surface area contributed by atoms with E-state index in [0.717, 1.165) is 31.6 Å². The van der Waals surface area contributed by atoms with E-state index in [-0.39, 0.29) is 0 Å². The summed E-state index contributed by atoms with van der Waals surface area (Å²) in [5, 5.41) is 13.5. The third kappa shape index (κ3) is 5.24. The van der Waals surface area contributed by atoms with Gasteiger partial charge in [-0.05, 0) is 45.0 Å². The van der Waals surface area contributed by atoms with E-state index in [1.54, 1.807) is 6.20 Å². The van der Waals surface area contributed by atoms with Gasteiger partial charge < -0.3 is 10.4 Å². The smallest absolute Gasteiger partial charge is 0.0687 e. The molecule has 1 aromatic heterocycles. The van der Waals surface area contributed by atoms with Crippen molar-refractivity contribution in [2.24, 2.45) is 0 Å². The number of aliphatic hydroxyl groups is 1. The second-order valence-corrected chi connectivity index (χ2v) is 4.49. The number of pyridine rings is 1. The first-order valence-corrected chi connectivity index (χ1v) is 5.97. The van der Waals surface area contributed by atoms with E-state index in [2.05, 4.69) is 17.2 Å². The summed E-state index contributed by atoms with van der Waals surface area (Å²) >= 11 is 0. The van der Waals surface area contributed by atoms with Crippen LogP contribution in [0.3, 0.4) is 0 Å². The predicted octanol–water partition coefficient (Wildman–Crippen LogP) is 1.76. The molecule has 1 heterocycles. The maximum atomic E-state index is 10.2. The second kappa shape index (κ2) is 6.61. The SMILES string of the molecule is CCCNCCC(C)(O)Cc1ccccn1. The number of hydrogen-bond donors (Lipinski definition) is 2. The Hall–Kier alpha value is -0.930. The first-order chi connectivity index (χ1) is 7.64. The maximum absolute atomic E-state index is 10.2. The molecule has 0 aromatic carbocycles. The van der Waals surface area contributed by atoms with Gasteiger partial charge in [0.15, 0.2) is 0 Å². The fourth-order valence-electron chi connectivity index (χ4n) is 1.64. The van der Waals surface area contributed by atoms with Crippen molar-refractivity contribution in [1.82, 2.24) is 10.3 Å². The molecule has 0 aliphatic heterocycles. The Labute approximate surface area is 97.9 Å². The van der Waals surface area contributed by atoms with Crippen LogP contribution in [-0.4, -0.2) is 28.8 Å². The minimum Gasteiger partial charge on any atom is -0.390 e. The molecule has 0 aliphatic rings. The topological polar surface area (TPSA) is 45.1 Å². The molecule has 90 valence electrons. The van der Waals surface area contributed by atoms with Gasteiger partial charge >= 0.3 is 0 Å². The molecule has 0 bridgehead atoms. The van der Waals surface area contributed by atoms with Crippen LogP contribution in [0.25, 0.3) is 0 Å². The first-order valence-electron chi connectivity index (χ1n) is 5.97. The molecule has 0 fully saturated rings. The molecule has 0 aliphatic carbocycles. The molecule has 2 N–H and O–H groups in total. The molecule has 0 spiro atoms. The van der Waals surface area contributed by atoms with Gasteiger partial charge in [0.2, 0.25) is 0 Å². The molecule has 3 heteroatoms. The minimum atomic E-state index is -0.672. The van der Waals surface area contributed by atoms with Gasteiger partial charge in [0.25, 0.3) is 0 Å². The van der Waals surface area contributed by atoms with Crippen LogP contribution in [0.1, 0.15) is 32.4 Å². The third-order valence-corrected chi connectivity index (χ3v) is 2.56. The van der Waals surface area contributed by atoms with Gasteiger partial charge in [0, 0.05) is 18.3 Å². The largest absolute Gasteiger partial charge is 0.390 e. The average Bonchev–Trinajstić information content (AvgIpc) is 2.25. The average molecular weight is 222 g/mol. The highest BCUT2D eigenvalue weighted by Gasteiger charge is 2.20. The summed E-state index contributed by atoms with van der Waals surface area (Å²) in [6, 6.07) is 5.79. The lowest BCUT2D eigenvalue weighted by Crippen LogP contribution is -2.32. The number of nitrogens with one attached hydrogen (secondary N) is 1. The summed E-state index contributed by atoms with van der Waals surface area (Å²) in [4.78, 5) is 4.23. The van der Waals surface area contributed by atoms with E-state index in [0.29, 0.717) is 6.42 Å². The van der Waals surface area contributed by atoms with Crippen molar-refractivity contribution in [1.29, 1.82) is 0 Å². The lowest BCUT2D eigenvalue weighted by atomic mass is 9.96. The van der Waals surface area contributed by atoms with Crippen LogP contribution in [-0.2, 0) is 6.42 Å². The minimum absolute atomic E-state index is 0.613. The lowest BCUT2D eigenvalue weighted by molar-refractivity contribution is 0.0506. The highest BCUT2D eigenvalue weighted by atomic mass is 16.3. The van der Waals surface area contributed by atoms with Crippen molar-refractivity contribution in [2.75, 3.05) is 13.1 Å². The van der Waals surface area contributed by atoms with E-state index in [1.165, 1.54) is 0 Å². The van der Waals surface area contributed by atoms with Gasteiger partial charge in [-0.1, -0.05) is 13.0 Å². The Morgan fingerprint density at radius 1 is 1.38 bits per heavy atom. The number of aromatic nitrogens is 1. The van der Waals surface area contributed by atoms with Crippen LogP contribution < -0.4 is 5.32 Å². The van der Waals surface area contributed by atoms with Gasteiger partial charge in [-0.3, -0.25) is 4.98 Å². The number of rotatable bonds is 7. The summed E-state index contributed by atoms with van der Waals surface area (Å²) in [5.41, 5.74) is 0.276. The molecule has 0 saturated heterocycles. The fraction of sp³-hybridized carbons (Fsp3) is 0.615. The standard InChI is InChI=1S/C13H22N2O/c1-3-8-14-10-7-13(2,16)11-12-6-4-5-9-15-12/h4-6,9,14,16H,3,7-8,10-11H2,1-2H3. The quantitative estimate of drug-likeness (QED) is 0.691. The molecule has 0 amide bonds. The summed E-state index contributed by atoms with van der Waals surface area (Å²) in [5.74, 6) is 0. The van der Waals surface area contributed by atoms with Gasteiger partial charge in [0.05, 0.1) is 5.60 Å². The Morgan fingerprint density at radius 3 is 2.81 bits per heavy atom. The van der Waals surface area contributed by atoms with Gasteiger partial charge in [-0.25, -0.2) is 0 Å². The highest BCUT2D eigenvalue weighted by Crippen LogP contribution is 2.14. The van der Waals surface area contributed by atoms with Crippen LogP contribution in [0.2, 0.25) is 0 Å². The molecular formula is C13H22N2O. The van der Waals surface area contributed by atoms with Crippen LogP contribution in [0.15, 0.2) is 24.4 Å². The first kappa shape index (κ1) is 13.1. The fourth-order valence-corrected chi connectivity index (χ4v) is 1.64. The molecule has 1 unspecified atom stereocenters. The molecule has 1 atom stereocenters. The molecule has 0 saturated carbocycles. The highest BCUT2D eigenvalue weighted by molar-refractivity contribution is 5.06. The van der Waals surface area contributed by atoms with Crippen molar-refractivity contribution in [2.45, 2.75) is 38.7 Å². The molecule has 16 heavy (non-hydrogen) atoms.